The Morgan fingerprint density at radius 1 is 1.29 bits per heavy atom. The maximum Gasteiger partial charge on any atom is 0.324 e. The lowest BCUT2D eigenvalue weighted by Gasteiger charge is -2.29. The zero-order valence-corrected chi connectivity index (χ0v) is 14.3. The van der Waals surface area contributed by atoms with E-state index in [1.165, 1.54) is 0 Å². The van der Waals surface area contributed by atoms with E-state index in [4.69, 9.17) is 5.73 Å². The first-order chi connectivity index (χ1) is 11.2. The summed E-state index contributed by atoms with van der Waals surface area (Å²) in [6.07, 6.45) is 0. The Morgan fingerprint density at radius 2 is 1.92 bits per heavy atom. The minimum Gasteiger partial charge on any atom is -0.341 e. The van der Waals surface area contributed by atoms with Gasteiger partial charge in [0.25, 0.3) is 5.91 Å². The first kappa shape index (κ1) is 17.9. The molecule has 1 heterocycles. The molecule has 1 fully saturated rings. The van der Waals surface area contributed by atoms with Crippen molar-refractivity contribution >= 4 is 17.8 Å². The van der Waals surface area contributed by atoms with Gasteiger partial charge in [0.1, 0.15) is 0 Å². The molecule has 0 spiro atoms. The van der Waals surface area contributed by atoms with Crippen molar-refractivity contribution in [1.82, 2.24) is 15.1 Å². The van der Waals surface area contributed by atoms with E-state index in [2.05, 4.69) is 5.32 Å². The Balaban J connectivity index is 2.02. The lowest BCUT2D eigenvalue weighted by atomic mass is 9.93. The summed E-state index contributed by atoms with van der Waals surface area (Å²) in [5.41, 5.74) is 6.92. The maximum absolute atomic E-state index is 12.5. The Morgan fingerprint density at radius 3 is 2.42 bits per heavy atom. The molecule has 4 amide bonds. The number of amides is 4. The summed E-state index contributed by atoms with van der Waals surface area (Å²) >= 11 is 0. The molecule has 0 atom stereocenters. The standard InChI is InChI=1S/C17H24N4O3/c1-17(2,10-18)11-20(3)15(23)13-6-4-12(5-7-13)9-21-14(22)8-19-16(21)24/h4-7H,8-11,18H2,1-3H3,(H,19,24). The SMILES string of the molecule is CN(CC(C)(C)CN)C(=O)c1ccc(CN2C(=O)CNC2=O)cc1. The largest absolute Gasteiger partial charge is 0.341 e. The summed E-state index contributed by atoms with van der Waals surface area (Å²) in [7, 11) is 1.75. The second kappa shape index (κ2) is 7.00. The van der Waals surface area contributed by atoms with Crippen molar-refractivity contribution in [2.24, 2.45) is 11.1 Å². The highest BCUT2D eigenvalue weighted by atomic mass is 16.2. The van der Waals surface area contributed by atoms with Crippen molar-refractivity contribution in [3.05, 3.63) is 35.4 Å². The normalized spacial score (nSPS) is 14.8. The van der Waals surface area contributed by atoms with Gasteiger partial charge in [-0.15, -0.1) is 0 Å². The van der Waals surface area contributed by atoms with Crippen LogP contribution in [0.15, 0.2) is 24.3 Å². The number of urea groups is 1. The van der Waals surface area contributed by atoms with Gasteiger partial charge in [-0.25, -0.2) is 4.79 Å². The molecule has 1 aromatic rings. The van der Waals surface area contributed by atoms with Crippen molar-refractivity contribution < 1.29 is 14.4 Å². The molecule has 1 aliphatic heterocycles. The highest BCUT2D eigenvalue weighted by Crippen LogP contribution is 2.16. The average Bonchev–Trinajstić information content (AvgIpc) is 2.86. The highest BCUT2D eigenvalue weighted by Gasteiger charge is 2.28. The third-order valence-electron chi connectivity index (χ3n) is 4.04. The van der Waals surface area contributed by atoms with E-state index in [1.807, 2.05) is 13.8 Å². The van der Waals surface area contributed by atoms with E-state index in [9.17, 15) is 14.4 Å². The Labute approximate surface area is 141 Å². The highest BCUT2D eigenvalue weighted by molar-refractivity contribution is 6.01. The van der Waals surface area contributed by atoms with Crippen molar-refractivity contribution in [2.75, 3.05) is 26.7 Å². The molecule has 1 saturated heterocycles. The van der Waals surface area contributed by atoms with Crippen LogP contribution in [0.1, 0.15) is 29.8 Å². The van der Waals surface area contributed by atoms with Crippen LogP contribution in [0.2, 0.25) is 0 Å². The zero-order chi connectivity index (χ0) is 17.9. The molecule has 0 bridgehead atoms. The van der Waals surface area contributed by atoms with E-state index in [0.717, 1.165) is 10.5 Å². The number of imide groups is 1. The molecule has 7 heteroatoms. The summed E-state index contributed by atoms with van der Waals surface area (Å²) < 4.78 is 0. The second-order valence-electron chi connectivity index (χ2n) is 6.87. The molecule has 3 N–H and O–H groups in total. The molecule has 130 valence electrons. The third-order valence-corrected chi connectivity index (χ3v) is 4.04. The summed E-state index contributed by atoms with van der Waals surface area (Å²) in [4.78, 5) is 38.4. The van der Waals surface area contributed by atoms with E-state index < -0.39 is 0 Å². The fourth-order valence-electron chi connectivity index (χ4n) is 2.55. The van der Waals surface area contributed by atoms with Gasteiger partial charge in [0.2, 0.25) is 5.91 Å². The number of hydrogen-bond acceptors (Lipinski definition) is 4. The predicted molar refractivity (Wildman–Crippen MR) is 90.2 cm³/mol. The van der Waals surface area contributed by atoms with Gasteiger partial charge < -0.3 is 16.0 Å². The number of benzene rings is 1. The number of carbonyl (C=O) groups excluding carboxylic acids is 3. The minimum absolute atomic E-state index is 0.0388. The van der Waals surface area contributed by atoms with E-state index in [1.54, 1.807) is 36.2 Å². The molecule has 0 aromatic heterocycles. The molecule has 7 nitrogen and oxygen atoms in total. The monoisotopic (exact) mass is 332 g/mol. The van der Waals surface area contributed by atoms with Crippen LogP contribution in [-0.4, -0.2) is 54.3 Å². The van der Waals surface area contributed by atoms with Crippen molar-refractivity contribution in [3.8, 4) is 0 Å². The van der Waals surface area contributed by atoms with Gasteiger partial charge in [0.05, 0.1) is 13.1 Å². The number of hydrogen-bond donors (Lipinski definition) is 2. The van der Waals surface area contributed by atoms with E-state index >= 15 is 0 Å². The summed E-state index contributed by atoms with van der Waals surface area (Å²) in [6.45, 7) is 5.32. The number of nitrogens with one attached hydrogen (secondary N) is 1. The molecule has 1 aliphatic rings. The second-order valence-corrected chi connectivity index (χ2v) is 6.87. The predicted octanol–water partition coefficient (Wildman–Crippen LogP) is 0.795. The van der Waals surface area contributed by atoms with Crippen molar-refractivity contribution in [3.63, 3.8) is 0 Å². The van der Waals surface area contributed by atoms with Crippen LogP contribution < -0.4 is 11.1 Å². The molecule has 0 saturated carbocycles. The van der Waals surface area contributed by atoms with Crippen LogP contribution in [-0.2, 0) is 11.3 Å². The van der Waals surface area contributed by atoms with Gasteiger partial charge in [-0.1, -0.05) is 26.0 Å². The topological polar surface area (TPSA) is 95.7 Å². The van der Waals surface area contributed by atoms with Crippen LogP contribution in [0.4, 0.5) is 4.79 Å². The smallest absolute Gasteiger partial charge is 0.324 e. The van der Waals surface area contributed by atoms with Crippen LogP contribution in [0.25, 0.3) is 0 Å². The number of rotatable bonds is 6. The van der Waals surface area contributed by atoms with Gasteiger partial charge >= 0.3 is 6.03 Å². The molecule has 0 radical (unpaired) electrons. The first-order valence-electron chi connectivity index (χ1n) is 7.86. The van der Waals surface area contributed by atoms with Gasteiger partial charge in [0.15, 0.2) is 0 Å². The van der Waals surface area contributed by atoms with Gasteiger partial charge in [-0.2, -0.15) is 0 Å². The Hall–Kier alpha value is -2.41. The van der Waals surface area contributed by atoms with Crippen LogP contribution in [0.5, 0.6) is 0 Å². The molecule has 0 aliphatic carbocycles. The van der Waals surface area contributed by atoms with Crippen LogP contribution >= 0.6 is 0 Å². The maximum atomic E-state index is 12.5. The summed E-state index contributed by atoms with van der Waals surface area (Å²) in [5, 5.41) is 2.48. The molecule has 2 rings (SSSR count). The number of nitrogens with zero attached hydrogens (tertiary/aromatic N) is 2. The van der Waals surface area contributed by atoms with E-state index in [0.29, 0.717) is 18.7 Å². The lowest BCUT2D eigenvalue weighted by Crippen LogP contribution is -2.39. The molecule has 1 aromatic carbocycles. The number of nitrogens with two attached hydrogens (primary N) is 1. The lowest BCUT2D eigenvalue weighted by molar-refractivity contribution is -0.125. The van der Waals surface area contributed by atoms with Crippen LogP contribution in [0.3, 0.4) is 0 Å². The third kappa shape index (κ3) is 4.11. The number of carbonyl (C=O) groups is 3. The summed E-state index contributed by atoms with van der Waals surface area (Å²) in [6, 6.07) is 6.55. The van der Waals surface area contributed by atoms with E-state index in [-0.39, 0.29) is 36.3 Å². The quantitative estimate of drug-likeness (QED) is 0.753. The molecular formula is C17H24N4O3. The Kier molecular flexibility index (Phi) is 5.23. The average molecular weight is 332 g/mol. The van der Waals surface area contributed by atoms with Crippen molar-refractivity contribution in [1.29, 1.82) is 0 Å². The summed E-state index contributed by atoms with van der Waals surface area (Å²) in [5.74, 6) is -0.332. The fraction of sp³-hybridized carbons (Fsp3) is 0.471. The molecule has 24 heavy (non-hydrogen) atoms. The Bertz CT molecular complexity index is 624. The van der Waals surface area contributed by atoms with Crippen LogP contribution in [0, 0.1) is 5.41 Å². The molecular weight excluding hydrogens is 308 g/mol. The van der Waals surface area contributed by atoms with Crippen molar-refractivity contribution in [2.45, 2.75) is 20.4 Å². The van der Waals surface area contributed by atoms with Gasteiger partial charge in [0, 0.05) is 19.2 Å². The molecule has 0 unspecified atom stereocenters. The van der Waals surface area contributed by atoms with Gasteiger partial charge in [-0.05, 0) is 29.7 Å². The minimum atomic E-state index is -0.385. The fourth-order valence-corrected chi connectivity index (χ4v) is 2.55. The van der Waals surface area contributed by atoms with Gasteiger partial charge in [-0.3, -0.25) is 14.5 Å². The first-order valence-corrected chi connectivity index (χ1v) is 7.86. The zero-order valence-electron chi connectivity index (χ0n) is 14.3.